The van der Waals surface area contributed by atoms with E-state index in [4.69, 9.17) is 0 Å². The summed E-state index contributed by atoms with van der Waals surface area (Å²) < 4.78 is 3.57. The average Bonchev–Trinajstić information content (AvgIpc) is 3.48. The van der Waals surface area contributed by atoms with E-state index in [9.17, 15) is 4.79 Å². The Morgan fingerprint density at radius 2 is 2.03 bits per heavy atom. The molecular weight excluding hydrogens is 366 g/mol. The highest BCUT2D eigenvalue weighted by Crippen LogP contribution is 2.31. The van der Waals surface area contributed by atoms with Crippen molar-refractivity contribution in [2.45, 2.75) is 19.0 Å². The molecule has 1 amide bonds. The third-order valence-corrected chi connectivity index (χ3v) is 5.32. The van der Waals surface area contributed by atoms with Crippen molar-refractivity contribution in [2.24, 2.45) is 7.05 Å². The number of amides is 1. The standard InChI is InChI=1S/C21H21N7O/c1-26-10-16(7-24-26)18-12-27(13-19-20(18)23-14-22-19)21(29)17-8-25-28(11-17)9-15-5-3-2-4-6-15/h2-8,10-11,14,18H,9,12-13H2,1H3,(H,22,23). The van der Waals surface area contributed by atoms with Gasteiger partial charge in [0.15, 0.2) is 0 Å². The van der Waals surface area contributed by atoms with Crippen molar-refractivity contribution in [3.8, 4) is 0 Å². The molecule has 1 unspecified atom stereocenters. The summed E-state index contributed by atoms with van der Waals surface area (Å²) in [7, 11) is 1.89. The number of aryl methyl sites for hydroxylation is 1. The van der Waals surface area contributed by atoms with Crippen molar-refractivity contribution in [3.05, 3.63) is 89.5 Å². The van der Waals surface area contributed by atoms with Gasteiger partial charge in [-0.15, -0.1) is 0 Å². The molecule has 1 N–H and O–H groups in total. The van der Waals surface area contributed by atoms with Crippen LogP contribution in [0.3, 0.4) is 0 Å². The highest BCUT2D eigenvalue weighted by Gasteiger charge is 2.32. The lowest BCUT2D eigenvalue weighted by Crippen LogP contribution is -2.38. The van der Waals surface area contributed by atoms with Crippen LogP contribution in [0.15, 0.2) is 61.4 Å². The molecule has 0 saturated carbocycles. The number of imidazole rings is 1. The van der Waals surface area contributed by atoms with Crippen LogP contribution in [-0.4, -0.2) is 46.9 Å². The van der Waals surface area contributed by atoms with E-state index in [-0.39, 0.29) is 11.8 Å². The van der Waals surface area contributed by atoms with E-state index in [1.807, 2.05) is 60.9 Å². The minimum Gasteiger partial charge on any atom is -0.347 e. The van der Waals surface area contributed by atoms with Crippen LogP contribution in [0.1, 0.15) is 38.8 Å². The second-order valence-corrected chi connectivity index (χ2v) is 7.36. The third kappa shape index (κ3) is 3.33. The number of fused-ring (bicyclic) bond motifs is 1. The Morgan fingerprint density at radius 3 is 2.83 bits per heavy atom. The lowest BCUT2D eigenvalue weighted by Gasteiger charge is -2.31. The largest absolute Gasteiger partial charge is 0.347 e. The molecule has 0 spiro atoms. The summed E-state index contributed by atoms with van der Waals surface area (Å²) in [5.74, 6) is -0.0273. The van der Waals surface area contributed by atoms with Crippen LogP contribution in [0.5, 0.6) is 0 Å². The van der Waals surface area contributed by atoms with Crippen LogP contribution in [0.2, 0.25) is 0 Å². The Morgan fingerprint density at radius 1 is 1.17 bits per heavy atom. The molecule has 0 bridgehead atoms. The highest BCUT2D eigenvalue weighted by atomic mass is 16.2. The lowest BCUT2D eigenvalue weighted by molar-refractivity contribution is 0.0721. The van der Waals surface area contributed by atoms with E-state index in [1.54, 1.807) is 21.9 Å². The molecule has 1 atom stereocenters. The molecule has 0 radical (unpaired) electrons. The zero-order valence-corrected chi connectivity index (χ0v) is 16.1. The second kappa shape index (κ2) is 7.05. The molecule has 5 rings (SSSR count). The lowest BCUT2D eigenvalue weighted by atomic mass is 9.93. The molecule has 4 aromatic rings. The van der Waals surface area contributed by atoms with E-state index in [0.717, 1.165) is 22.5 Å². The average molecular weight is 387 g/mol. The number of hydrogen-bond acceptors (Lipinski definition) is 4. The predicted molar refractivity (Wildman–Crippen MR) is 106 cm³/mol. The number of carbonyl (C=O) groups is 1. The number of benzene rings is 1. The Balaban J connectivity index is 1.38. The van der Waals surface area contributed by atoms with Gasteiger partial charge in [-0.2, -0.15) is 10.2 Å². The Kier molecular flexibility index (Phi) is 4.23. The molecule has 8 nitrogen and oxygen atoms in total. The Labute approximate surface area is 167 Å². The van der Waals surface area contributed by atoms with Gasteiger partial charge in [-0.05, 0) is 5.56 Å². The van der Waals surface area contributed by atoms with Crippen molar-refractivity contribution in [1.29, 1.82) is 0 Å². The van der Waals surface area contributed by atoms with Crippen LogP contribution in [0.25, 0.3) is 0 Å². The number of nitrogens with zero attached hydrogens (tertiary/aromatic N) is 6. The van der Waals surface area contributed by atoms with Crippen molar-refractivity contribution in [1.82, 2.24) is 34.4 Å². The van der Waals surface area contributed by atoms with Gasteiger partial charge >= 0.3 is 0 Å². The normalized spacial score (nSPS) is 16.0. The summed E-state index contributed by atoms with van der Waals surface area (Å²) in [6.45, 7) is 1.71. The van der Waals surface area contributed by atoms with Gasteiger partial charge in [0.05, 0.1) is 48.8 Å². The molecule has 4 heterocycles. The summed E-state index contributed by atoms with van der Waals surface area (Å²) in [6.07, 6.45) is 8.98. The third-order valence-electron chi connectivity index (χ3n) is 5.32. The smallest absolute Gasteiger partial charge is 0.257 e. The monoisotopic (exact) mass is 387 g/mol. The molecule has 3 aromatic heterocycles. The summed E-state index contributed by atoms with van der Waals surface area (Å²) in [4.78, 5) is 22.7. The molecular formula is C21H21N7O. The van der Waals surface area contributed by atoms with E-state index < -0.39 is 0 Å². The van der Waals surface area contributed by atoms with Crippen molar-refractivity contribution in [3.63, 3.8) is 0 Å². The topological polar surface area (TPSA) is 84.6 Å². The van der Waals surface area contributed by atoms with Gasteiger partial charge in [-0.25, -0.2) is 4.98 Å². The zero-order valence-electron chi connectivity index (χ0n) is 16.1. The maximum Gasteiger partial charge on any atom is 0.257 e. The SMILES string of the molecule is Cn1cc(C2CN(C(=O)c3cnn(Cc4ccccc4)c3)Cc3[nH]cnc32)cn1. The van der Waals surface area contributed by atoms with Gasteiger partial charge in [0.2, 0.25) is 0 Å². The van der Waals surface area contributed by atoms with Gasteiger partial charge in [0.1, 0.15) is 0 Å². The number of aromatic amines is 1. The number of nitrogens with one attached hydrogen (secondary N) is 1. The molecule has 1 aliphatic rings. The zero-order chi connectivity index (χ0) is 19.8. The van der Waals surface area contributed by atoms with Crippen molar-refractivity contribution >= 4 is 5.91 Å². The molecule has 0 fully saturated rings. The summed E-state index contributed by atoms with van der Waals surface area (Å²) in [5.41, 5.74) is 4.75. The van der Waals surface area contributed by atoms with E-state index in [0.29, 0.717) is 25.2 Å². The van der Waals surface area contributed by atoms with E-state index in [1.165, 1.54) is 0 Å². The molecule has 1 aliphatic heterocycles. The fourth-order valence-electron chi connectivity index (χ4n) is 3.87. The number of carbonyl (C=O) groups excluding carboxylic acids is 1. The molecule has 146 valence electrons. The number of H-pyrrole nitrogens is 1. The molecule has 1 aromatic carbocycles. The highest BCUT2D eigenvalue weighted by molar-refractivity contribution is 5.94. The summed E-state index contributed by atoms with van der Waals surface area (Å²) in [6, 6.07) is 10.1. The maximum absolute atomic E-state index is 13.2. The molecule has 0 aliphatic carbocycles. The van der Waals surface area contributed by atoms with Gasteiger partial charge in [-0.1, -0.05) is 30.3 Å². The summed E-state index contributed by atoms with van der Waals surface area (Å²) >= 11 is 0. The molecule has 8 heteroatoms. The number of aromatic nitrogens is 6. The first kappa shape index (κ1) is 17.4. The van der Waals surface area contributed by atoms with Crippen molar-refractivity contribution in [2.75, 3.05) is 6.54 Å². The van der Waals surface area contributed by atoms with E-state index in [2.05, 4.69) is 20.2 Å². The Bertz CT molecular complexity index is 1140. The minimum absolute atomic E-state index is 0.00186. The number of hydrogen-bond donors (Lipinski definition) is 1. The minimum atomic E-state index is -0.0292. The van der Waals surface area contributed by atoms with Gasteiger partial charge < -0.3 is 9.88 Å². The van der Waals surface area contributed by atoms with Crippen LogP contribution in [0, 0.1) is 0 Å². The quantitative estimate of drug-likeness (QED) is 0.582. The van der Waals surface area contributed by atoms with Crippen LogP contribution in [0.4, 0.5) is 0 Å². The van der Waals surface area contributed by atoms with Crippen LogP contribution >= 0.6 is 0 Å². The number of rotatable bonds is 4. The van der Waals surface area contributed by atoms with Gasteiger partial charge in [0, 0.05) is 37.5 Å². The molecule has 0 saturated heterocycles. The summed E-state index contributed by atoms with van der Waals surface area (Å²) in [5, 5.41) is 8.66. The fraction of sp³-hybridized carbons (Fsp3) is 0.238. The van der Waals surface area contributed by atoms with E-state index >= 15 is 0 Å². The van der Waals surface area contributed by atoms with Crippen LogP contribution in [-0.2, 0) is 20.1 Å². The van der Waals surface area contributed by atoms with Crippen molar-refractivity contribution < 1.29 is 4.79 Å². The maximum atomic E-state index is 13.2. The van der Waals surface area contributed by atoms with Gasteiger partial charge in [-0.3, -0.25) is 14.2 Å². The fourth-order valence-corrected chi connectivity index (χ4v) is 3.87. The van der Waals surface area contributed by atoms with Gasteiger partial charge in [0.25, 0.3) is 5.91 Å². The second-order valence-electron chi connectivity index (χ2n) is 7.36. The first-order valence-electron chi connectivity index (χ1n) is 9.53. The predicted octanol–water partition coefficient (Wildman–Crippen LogP) is 2.18. The Hall–Kier alpha value is -3.68. The first-order valence-corrected chi connectivity index (χ1v) is 9.53. The first-order chi connectivity index (χ1) is 14.2. The van der Waals surface area contributed by atoms with Crippen LogP contribution < -0.4 is 0 Å². The molecule has 29 heavy (non-hydrogen) atoms.